The van der Waals surface area contributed by atoms with Gasteiger partial charge in [0.2, 0.25) is 0 Å². The molecule has 2 heterocycles. The second kappa shape index (κ2) is 7.56. The van der Waals surface area contributed by atoms with E-state index in [1.54, 1.807) is 17.9 Å². The standard InChI is InChI=1S/C20H24N4O2/c1-13-8-9-24(17(10-13)15-6-4-3-5-7-15)20(26)19(25)23-16-11-14(2)18(21)22-12-16/h3-7,11-13,17H,8-10H2,1-2H3,(H2,21,22)(H,23,25)/t13-,17+/m1/s1. The maximum absolute atomic E-state index is 12.8. The minimum absolute atomic E-state index is 0.0792. The third-order valence-electron chi connectivity index (χ3n) is 4.88. The van der Waals surface area contributed by atoms with Crippen LogP contribution in [0.25, 0.3) is 0 Å². The first kappa shape index (κ1) is 17.9. The maximum Gasteiger partial charge on any atom is 0.313 e. The third kappa shape index (κ3) is 3.85. The largest absolute Gasteiger partial charge is 0.383 e. The van der Waals surface area contributed by atoms with Crippen LogP contribution < -0.4 is 11.1 Å². The lowest BCUT2D eigenvalue weighted by molar-refractivity contribution is -0.146. The number of rotatable bonds is 2. The highest BCUT2D eigenvalue weighted by molar-refractivity contribution is 6.39. The summed E-state index contributed by atoms with van der Waals surface area (Å²) in [6.07, 6.45) is 3.21. The molecule has 3 N–H and O–H groups in total. The molecular formula is C20H24N4O2. The summed E-state index contributed by atoms with van der Waals surface area (Å²) in [4.78, 5) is 31.0. The minimum Gasteiger partial charge on any atom is -0.383 e. The fourth-order valence-electron chi connectivity index (χ4n) is 3.34. The Labute approximate surface area is 153 Å². The summed E-state index contributed by atoms with van der Waals surface area (Å²) in [5, 5.41) is 2.64. The molecule has 1 aromatic heterocycles. The Morgan fingerprint density at radius 1 is 1.27 bits per heavy atom. The fourth-order valence-corrected chi connectivity index (χ4v) is 3.34. The third-order valence-corrected chi connectivity index (χ3v) is 4.88. The van der Waals surface area contributed by atoms with E-state index in [0.29, 0.717) is 24.0 Å². The van der Waals surface area contributed by atoms with E-state index in [2.05, 4.69) is 17.2 Å². The normalized spacial score (nSPS) is 19.8. The lowest BCUT2D eigenvalue weighted by atomic mass is 9.88. The van der Waals surface area contributed by atoms with Crippen LogP contribution in [-0.4, -0.2) is 28.2 Å². The number of likely N-dealkylation sites (tertiary alicyclic amines) is 1. The van der Waals surface area contributed by atoms with Crippen molar-refractivity contribution < 1.29 is 9.59 Å². The van der Waals surface area contributed by atoms with Crippen molar-refractivity contribution >= 4 is 23.3 Å². The van der Waals surface area contributed by atoms with Gasteiger partial charge in [0.25, 0.3) is 0 Å². The van der Waals surface area contributed by atoms with Gasteiger partial charge < -0.3 is 16.0 Å². The number of aryl methyl sites for hydroxylation is 1. The van der Waals surface area contributed by atoms with E-state index >= 15 is 0 Å². The molecule has 2 atom stereocenters. The molecular weight excluding hydrogens is 328 g/mol. The van der Waals surface area contributed by atoms with E-state index in [-0.39, 0.29) is 6.04 Å². The van der Waals surface area contributed by atoms with Crippen LogP contribution in [-0.2, 0) is 9.59 Å². The van der Waals surface area contributed by atoms with Gasteiger partial charge in [0.05, 0.1) is 17.9 Å². The van der Waals surface area contributed by atoms with Gasteiger partial charge in [-0.25, -0.2) is 4.98 Å². The average Bonchev–Trinajstić information content (AvgIpc) is 2.65. The Morgan fingerprint density at radius 3 is 2.69 bits per heavy atom. The lowest BCUT2D eigenvalue weighted by Crippen LogP contribution is -2.45. The second-order valence-corrected chi connectivity index (χ2v) is 6.93. The maximum atomic E-state index is 12.8. The molecule has 1 aromatic carbocycles. The van der Waals surface area contributed by atoms with Gasteiger partial charge >= 0.3 is 11.8 Å². The number of nitrogens with two attached hydrogens (primary N) is 1. The summed E-state index contributed by atoms with van der Waals surface area (Å²) in [6, 6.07) is 11.5. The van der Waals surface area contributed by atoms with Crippen molar-refractivity contribution in [2.75, 3.05) is 17.6 Å². The number of anilines is 2. The van der Waals surface area contributed by atoms with E-state index in [9.17, 15) is 9.59 Å². The number of aromatic nitrogens is 1. The summed E-state index contributed by atoms with van der Waals surface area (Å²) in [6.45, 7) is 4.56. The zero-order valence-electron chi connectivity index (χ0n) is 15.1. The van der Waals surface area contributed by atoms with Crippen LogP contribution in [0.4, 0.5) is 11.5 Å². The minimum atomic E-state index is -0.647. The molecule has 0 bridgehead atoms. The number of carbonyl (C=O) groups is 2. The molecule has 0 radical (unpaired) electrons. The van der Waals surface area contributed by atoms with Crippen LogP contribution in [0.5, 0.6) is 0 Å². The first-order valence-electron chi connectivity index (χ1n) is 8.84. The highest BCUT2D eigenvalue weighted by Gasteiger charge is 2.34. The summed E-state index contributed by atoms with van der Waals surface area (Å²) >= 11 is 0. The molecule has 0 spiro atoms. The van der Waals surface area contributed by atoms with E-state index in [1.165, 1.54) is 6.20 Å². The lowest BCUT2D eigenvalue weighted by Gasteiger charge is -2.38. The zero-order chi connectivity index (χ0) is 18.7. The molecule has 6 nitrogen and oxygen atoms in total. The van der Waals surface area contributed by atoms with Crippen molar-refractivity contribution in [1.29, 1.82) is 0 Å². The molecule has 1 fully saturated rings. The highest BCUT2D eigenvalue weighted by Crippen LogP contribution is 2.34. The molecule has 2 aromatic rings. The van der Waals surface area contributed by atoms with Crippen LogP contribution in [0.2, 0.25) is 0 Å². The van der Waals surface area contributed by atoms with Gasteiger partial charge in [0, 0.05) is 6.54 Å². The topological polar surface area (TPSA) is 88.3 Å². The number of amides is 2. The van der Waals surface area contributed by atoms with Gasteiger partial charge in [-0.2, -0.15) is 0 Å². The van der Waals surface area contributed by atoms with Gasteiger partial charge in [-0.05, 0) is 42.9 Å². The van der Waals surface area contributed by atoms with Crippen LogP contribution in [0.1, 0.15) is 36.9 Å². The Bertz CT molecular complexity index is 807. The molecule has 0 aliphatic carbocycles. The van der Waals surface area contributed by atoms with Crippen molar-refractivity contribution in [3.63, 3.8) is 0 Å². The van der Waals surface area contributed by atoms with Gasteiger partial charge in [-0.15, -0.1) is 0 Å². The Morgan fingerprint density at radius 2 is 2.00 bits per heavy atom. The monoisotopic (exact) mass is 352 g/mol. The molecule has 1 saturated heterocycles. The number of pyridine rings is 1. The molecule has 1 aliphatic heterocycles. The number of hydrogen-bond acceptors (Lipinski definition) is 4. The molecule has 0 saturated carbocycles. The van der Waals surface area contributed by atoms with Gasteiger partial charge in [0.15, 0.2) is 0 Å². The first-order valence-corrected chi connectivity index (χ1v) is 8.84. The molecule has 3 rings (SSSR count). The molecule has 1 aliphatic rings. The fraction of sp³-hybridized carbons (Fsp3) is 0.350. The van der Waals surface area contributed by atoms with Crippen molar-refractivity contribution in [3.05, 3.63) is 53.7 Å². The molecule has 2 amide bonds. The van der Waals surface area contributed by atoms with Crippen LogP contribution in [0, 0.1) is 12.8 Å². The molecule has 6 heteroatoms. The number of nitrogens with one attached hydrogen (secondary N) is 1. The predicted molar refractivity (Wildman–Crippen MR) is 101 cm³/mol. The number of hydrogen-bond donors (Lipinski definition) is 2. The van der Waals surface area contributed by atoms with E-state index in [0.717, 1.165) is 24.0 Å². The predicted octanol–water partition coefficient (Wildman–Crippen LogP) is 2.91. The number of piperidine rings is 1. The van der Waals surface area contributed by atoms with Crippen molar-refractivity contribution in [2.24, 2.45) is 5.92 Å². The van der Waals surface area contributed by atoms with Crippen molar-refractivity contribution in [2.45, 2.75) is 32.7 Å². The number of benzene rings is 1. The Balaban J connectivity index is 1.77. The molecule has 136 valence electrons. The summed E-state index contributed by atoms with van der Waals surface area (Å²) in [5.74, 6) is -0.244. The Hall–Kier alpha value is -2.89. The van der Waals surface area contributed by atoms with E-state index in [1.807, 2.05) is 30.3 Å². The first-order chi connectivity index (χ1) is 12.5. The summed E-state index contributed by atoms with van der Waals surface area (Å²) in [5.41, 5.74) is 7.98. The second-order valence-electron chi connectivity index (χ2n) is 6.93. The summed E-state index contributed by atoms with van der Waals surface area (Å²) < 4.78 is 0. The van der Waals surface area contributed by atoms with Gasteiger partial charge in [-0.1, -0.05) is 37.3 Å². The SMILES string of the molecule is Cc1cc(NC(=O)C(=O)N2CC[C@@H](C)C[C@H]2c2ccccc2)cnc1N. The van der Waals surface area contributed by atoms with Crippen LogP contribution >= 0.6 is 0 Å². The highest BCUT2D eigenvalue weighted by atomic mass is 16.2. The van der Waals surface area contributed by atoms with Crippen LogP contribution in [0.3, 0.4) is 0 Å². The summed E-state index contributed by atoms with van der Waals surface area (Å²) in [7, 11) is 0. The Kier molecular flexibility index (Phi) is 5.21. The number of nitrogens with zero attached hydrogens (tertiary/aromatic N) is 2. The van der Waals surface area contributed by atoms with Gasteiger partial charge in [0.1, 0.15) is 5.82 Å². The van der Waals surface area contributed by atoms with Crippen molar-refractivity contribution in [3.8, 4) is 0 Å². The van der Waals surface area contributed by atoms with Gasteiger partial charge in [-0.3, -0.25) is 9.59 Å². The average molecular weight is 352 g/mol. The smallest absolute Gasteiger partial charge is 0.313 e. The quantitative estimate of drug-likeness (QED) is 0.814. The van der Waals surface area contributed by atoms with Crippen molar-refractivity contribution in [1.82, 2.24) is 9.88 Å². The molecule has 26 heavy (non-hydrogen) atoms. The van der Waals surface area contributed by atoms with E-state index < -0.39 is 11.8 Å². The zero-order valence-corrected chi connectivity index (χ0v) is 15.1. The van der Waals surface area contributed by atoms with E-state index in [4.69, 9.17) is 5.73 Å². The number of nitrogen functional groups attached to an aromatic ring is 1. The van der Waals surface area contributed by atoms with Crippen LogP contribution in [0.15, 0.2) is 42.6 Å². The molecule has 0 unspecified atom stereocenters. The number of carbonyl (C=O) groups excluding carboxylic acids is 2.